The van der Waals surface area contributed by atoms with Crippen LogP contribution in [0, 0.1) is 5.92 Å². The van der Waals surface area contributed by atoms with Crippen molar-refractivity contribution in [3.63, 3.8) is 0 Å². The quantitative estimate of drug-likeness (QED) is 0.432. The number of aromatic nitrogens is 1. The van der Waals surface area contributed by atoms with Crippen molar-refractivity contribution in [3.05, 3.63) is 47.2 Å². The number of rotatable bonds is 5. The van der Waals surface area contributed by atoms with E-state index in [4.69, 9.17) is 31.8 Å². The van der Waals surface area contributed by atoms with Crippen LogP contribution in [0.4, 0.5) is 0 Å². The van der Waals surface area contributed by atoms with E-state index in [0.29, 0.717) is 18.0 Å². The number of nitrogens with two attached hydrogens (primary N) is 1. The highest BCUT2D eigenvalue weighted by Gasteiger charge is 2.43. The first-order valence-corrected chi connectivity index (χ1v) is 10.9. The number of hydrogen-bond acceptors (Lipinski definition) is 5. The standard InChI is InChI=1S/C23H27ClN4O3/c1-3-30-17-5-7-21-19(10-17)22(27-23(25)28(2)13-29)18-9-14(4-6-20(18)31-21)15-8-16(24)12-26-11-15/h4,6,8-9,11-13,17,19,21-22H,3,5,7,10H2,1-2H3,(H2,25,27)/t17?,19-,21?,22?/m0/s1. The maximum Gasteiger partial charge on any atom is 0.216 e. The second kappa shape index (κ2) is 9.24. The zero-order valence-corrected chi connectivity index (χ0v) is 18.5. The van der Waals surface area contributed by atoms with Gasteiger partial charge < -0.3 is 15.2 Å². The van der Waals surface area contributed by atoms with Crippen LogP contribution in [0.3, 0.4) is 0 Å². The van der Waals surface area contributed by atoms with Crippen LogP contribution in [0.5, 0.6) is 5.75 Å². The van der Waals surface area contributed by atoms with E-state index in [2.05, 4.69) is 11.1 Å². The van der Waals surface area contributed by atoms with Crippen molar-refractivity contribution in [2.75, 3.05) is 13.7 Å². The number of guanidine groups is 1. The Morgan fingerprint density at radius 2 is 2.19 bits per heavy atom. The maximum atomic E-state index is 11.2. The fourth-order valence-electron chi connectivity index (χ4n) is 4.49. The minimum Gasteiger partial charge on any atom is -0.490 e. The molecule has 2 N–H and O–H groups in total. The normalized spacial score (nSPS) is 25.2. The van der Waals surface area contributed by atoms with Gasteiger partial charge in [0.2, 0.25) is 6.41 Å². The summed E-state index contributed by atoms with van der Waals surface area (Å²) in [5.74, 6) is 1.08. The highest BCUT2D eigenvalue weighted by atomic mass is 35.5. The summed E-state index contributed by atoms with van der Waals surface area (Å²) >= 11 is 6.15. The Hall–Kier alpha value is -2.64. The predicted octanol–water partition coefficient (Wildman–Crippen LogP) is 3.81. The SMILES string of the molecule is CCOC1CCC2Oc3ccc(-c4cncc(Cl)c4)cc3C(N=C(N)N(C)C=O)[C@H]2C1. The molecule has 31 heavy (non-hydrogen) atoms. The molecule has 1 fully saturated rings. The van der Waals surface area contributed by atoms with Crippen molar-refractivity contribution >= 4 is 24.0 Å². The van der Waals surface area contributed by atoms with Gasteiger partial charge in [-0.3, -0.25) is 14.7 Å². The molecular formula is C23H27ClN4O3. The average Bonchev–Trinajstić information content (AvgIpc) is 2.78. The summed E-state index contributed by atoms with van der Waals surface area (Å²) in [6.07, 6.45) is 6.92. The molecule has 4 atom stereocenters. The number of amides is 1. The average molecular weight is 443 g/mol. The number of carbonyl (C=O) groups is 1. The van der Waals surface area contributed by atoms with Crippen molar-refractivity contribution in [1.29, 1.82) is 0 Å². The molecule has 1 aliphatic carbocycles. The van der Waals surface area contributed by atoms with Gasteiger partial charge in [-0.15, -0.1) is 0 Å². The number of pyridine rings is 1. The second-order valence-corrected chi connectivity index (χ2v) is 8.44. The van der Waals surface area contributed by atoms with Crippen molar-refractivity contribution in [2.45, 2.75) is 44.4 Å². The molecule has 0 saturated heterocycles. The molecule has 2 aromatic rings. The number of hydrogen-bond donors (Lipinski definition) is 1. The van der Waals surface area contributed by atoms with Gasteiger partial charge in [0.1, 0.15) is 11.9 Å². The van der Waals surface area contributed by atoms with E-state index in [-0.39, 0.29) is 30.1 Å². The Morgan fingerprint density at radius 3 is 2.94 bits per heavy atom. The summed E-state index contributed by atoms with van der Waals surface area (Å²) in [7, 11) is 1.60. The predicted molar refractivity (Wildman–Crippen MR) is 120 cm³/mol. The fraction of sp³-hybridized carbons (Fsp3) is 0.435. The number of fused-ring (bicyclic) bond motifs is 2. The molecule has 1 amide bonds. The number of benzene rings is 1. The highest BCUT2D eigenvalue weighted by Crippen LogP contribution is 2.48. The van der Waals surface area contributed by atoms with Gasteiger partial charge in [-0.1, -0.05) is 17.7 Å². The molecule has 4 rings (SSSR count). The van der Waals surface area contributed by atoms with Crippen LogP contribution in [-0.2, 0) is 9.53 Å². The van der Waals surface area contributed by atoms with E-state index in [9.17, 15) is 4.79 Å². The molecule has 0 bridgehead atoms. The molecular weight excluding hydrogens is 416 g/mol. The molecule has 1 aromatic heterocycles. The summed E-state index contributed by atoms with van der Waals surface area (Å²) in [6.45, 7) is 2.69. The fourth-order valence-corrected chi connectivity index (χ4v) is 4.66. The lowest BCUT2D eigenvalue weighted by atomic mass is 9.75. The van der Waals surface area contributed by atoms with Gasteiger partial charge in [0.25, 0.3) is 0 Å². The lowest BCUT2D eigenvalue weighted by molar-refractivity contribution is -0.114. The molecule has 1 aromatic carbocycles. The van der Waals surface area contributed by atoms with Gasteiger partial charge in [0, 0.05) is 43.1 Å². The zero-order chi connectivity index (χ0) is 22.0. The highest BCUT2D eigenvalue weighted by molar-refractivity contribution is 6.30. The Balaban J connectivity index is 1.77. The van der Waals surface area contributed by atoms with Crippen LogP contribution >= 0.6 is 11.6 Å². The third-order valence-corrected chi connectivity index (χ3v) is 6.24. The Kier molecular flexibility index (Phi) is 6.43. The van der Waals surface area contributed by atoms with Crippen LogP contribution in [0.25, 0.3) is 11.1 Å². The van der Waals surface area contributed by atoms with E-state index in [1.165, 1.54) is 4.90 Å². The first kappa shape index (κ1) is 21.6. The van der Waals surface area contributed by atoms with Gasteiger partial charge in [0.05, 0.1) is 17.2 Å². The van der Waals surface area contributed by atoms with Crippen LogP contribution in [0.1, 0.15) is 37.8 Å². The summed E-state index contributed by atoms with van der Waals surface area (Å²) in [5.41, 5.74) is 8.97. The Labute approximate surface area is 187 Å². The molecule has 1 aliphatic heterocycles. The molecule has 8 heteroatoms. The molecule has 2 heterocycles. The topological polar surface area (TPSA) is 90.0 Å². The van der Waals surface area contributed by atoms with Crippen molar-refractivity contribution < 1.29 is 14.3 Å². The van der Waals surface area contributed by atoms with Crippen LogP contribution < -0.4 is 10.5 Å². The number of ether oxygens (including phenoxy) is 2. The maximum absolute atomic E-state index is 11.2. The minimum absolute atomic E-state index is 0.0333. The largest absolute Gasteiger partial charge is 0.490 e. The minimum atomic E-state index is -0.244. The van der Waals surface area contributed by atoms with Crippen LogP contribution in [0.15, 0.2) is 41.7 Å². The van der Waals surface area contributed by atoms with E-state index >= 15 is 0 Å². The van der Waals surface area contributed by atoms with Gasteiger partial charge >= 0.3 is 0 Å². The lowest BCUT2D eigenvalue weighted by Crippen LogP contribution is -2.43. The molecule has 164 valence electrons. The molecule has 0 radical (unpaired) electrons. The molecule has 3 unspecified atom stereocenters. The first-order valence-electron chi connectivity index (χ1n) is 10.5. The van der Waals surface area contributed by atoms with Crippen LogP contribution in [-0.4, -0.2) is 48.1 Å². The summed E-state index contributed by atoms with van der Waals surface area (Å²) in [5, 5.41) is 0.574. The molecule has 2 aliphatic rings. The monoisotopic (exact) mass is 442 g/mol. The first-order chi connectivity index (χ1) is 15.0. The van der Waals surface area contributed by atoms with Crippen LogP contribution in [0.2, 0.25) is 5.02 Å². The van der Waals surface area contributed by atoms with Gasteiger partial charge in [-0.05, 0) is 49.9 Å². The van der Waals surface area contributed by atoms with Crippen molar-refractivity contribution in [1.82, 2.24) is 9.88 Å². The van der Waals surface area contributed by atoms with Crippen molar-refractivity contribution in [3.8, 4) is 16.9 Å². The number of carbonyl (C=O) groups excluding carboxylic acids is 1. The molecule has 1 saturated carbocycles. The third kappa shape index (κ3) is 4.52. The number of aliphatic imine (C=N–C) groups is 1. The Bertz CT molecular complexity index is 983. The number of halogens is 1. The Morgan fingerprint density at radius 1 is 1.35 bits per heavy atom. The smallest absolute Gasteiger partial charge is 0.216 e. The molecule has 0 spiro atoms. The van der Waals surface area contributed by atoms with Crippen molar-refractivity contribution in [2.24, 2.45) is 16.6 Å². The van der Waals surface area contributed by atoms with E-state index < -0.39 is 0 Å². The summed E-state index contributed by atoms with van der Waals surface area (Å²) in [6, 6.07) is 7.66. The van der Waals surface area contributed by atoms with E-state index in [1.54, 1.807) is 19.4 Å². The lowest BCUT2D eigenvalue weighted by Gasteiger charge is -2.43. The summed E-state index contributed by atoms with van der Waals surface area (Å²) < 4.78 is 12.3. The van der Waals surface area contributed by atoms with Gasteiger partial charge in [-0.2, -0.15) is 0 Å². The van der Waals surface area contributed by atoms with Gasteiger partial charge in [0.15, 0.2) is 5.96 Å². The van der Waals surface area contributed by atoms with E-state index in [0.717, 1.165) is 41.7 Å². The second-order valence-electron chi connectivity index (χ2n) is 8.00. The number of nitrogens with zero attached hydrogens (tertiary/aromatic N) is 3. The zero-order valence-electron chi connectivity index (χ0n) is 17.7. The third-order valence-electron chi connectivity index (χ3n) is 6.03. The molecule has 7 nitrogen and oxygen atoms in total. The van der Waals surface area contributed by atoms with E-state index in [1.807, 2.05) is 25.1 Å². The van der Waals surface area contributed by atoms with Gasteiger partial charge in [-0.25, -0.2) is 4.99 Å². The summed E-state index contributed by atoms with van der Waals surface area (Å²) in [4.78, 5) is 21.5.